The van der Waals surface area contributed by atoms with Crippen LogP contribution in [0.2, 0.25) is 0 Å². The minimum atomic E-state index is -0.670. The third-order valence-electron chi connectivity index (χ3n) is 4.48. The van der Waals surface area contributed by atoms with E-state index in [-0.39, 0.29) is 25.9 Å². The number of aliphatic carboxylic acids is 3. The van der Waals surface area contributed by atoms with Gasteiger partial charge in [0.15, 0.2) is 0 Å². The van der Waals surface area contributed by atoms with Gasteiger partial charge in [-0.15, -0.1) is 0 Å². The average molecular weight is 459 g/mol. The largest absolute Gasteiger partial charge is 2.00 e. The molecule has 0 heterocycles. The Kier molecular flexibility index (Phi) is 40.9. The number of carbonyl (C=O) groups is 3. The summed E-state index contributed by atoms with van der Waals surface area (Å²) in [5, 5.41) is 24.8. The fourth-order valence-corrected chi connectivity index (χ4v) is 2.64. The van der Waals surface area contributed by atoms with E-state index in [4.69, 9.17) is 15.3 Å². The minimum Gasteiger partial charge on any atom is -1.00 e. The number of carboxylic acid groups (broad SMARTS) is 3. The molecule has 0 aromatic rings. The summed E-state index contributed by atoms with van der Waals surface area (Å²) in [6.45, 7) is 6.45. The Morgan fingerprint density at radius 3 is 0.806 bits per heavy atom. The van der Waals surface area contributed by atoms with Crippen LogP contribution in [0.4, 0.5) is 0 Å². The van der Waals surface area contributed by atoms with Crippen LogP contribution in [-0.2, 0) is 14.4 Å². The van der Waals surface area contributed by atoms with Crippen LogP contribution >= 0.6 is 0 Å². The van der Waals surface area contributed by atoms with Crippen LogP contribution in [0.1, 0.15) is 139 Å². The summed E-state index contributed by atoms with van der Waals surface area (Å²) in [6, 6.07) is 0. The van der Waals surface area contributed by atoms with Gasteiger partial charge in [-0.25, -0.2) is 0 Å². The molecule has 0 saturated carbocycles. The molecule has 0 aromatic carbocycles. The third kappa shape index (κ3) is 52.9. The van der Waals surface area contributed by atoms with E-state index in [0.717, 1.165) is 38.5 Å². The number of hydrogen-bond donors (Lipinski definition) is 3. The van der Waals surface area contributed by atoms with Crippen molar-refractivity contribution < 1.29 is 32.6 Å². The van der Waals surface area contributed by atoms with E-state index >= 15 is 0 Å². The summed E-state index contributed by atoms with van der Waals surface area (Å²) < 4.78 is 0. The summed E-state index contributed by atoms with van der Waals surface area (Å²) >= 11 is 0. The molecule has 0 unspecified atom stereocenters. The molecule has 0 aliphatic rings. The Bertz CT molecular complexity index is 342. The predicted octanol–water partition coefficient (Wildman–Crippen LogP) is 7.14. The molecule has 0 rings (SSSR count). The first-order chi connectivity index (χ1) is 14.3. The van der Waals surface area contributed by atoms with Gasteiger partial charge < -0.3 is 18.2 Å². The van der Waals surface area contributed by atoms with Crippen molar-refractivity contribution >= 4 is 41.0 Å². The molecule has 0 atom stereocenters. The van der Waals surface area contributed by atoms with Crippen molar-refractivity contribution in [2.75, 3.05) is 0 Å². The Morgan fingerprint density at radius 2 is 0.645 bits per heavy atom. The molecule has 184 valence electrons. The SMILES string of the molecule is CCCCCCCC(=O)O.CCCCCCCC(=O)O.CCCCCCCC(=O)O.[H-].[H-].[Mg+2]. The van der Waals surface area contributed by atoms with E-state index in [1.807, 2.05) is 0 Å². The van der Waals surface area contributed by atoms with E-state index in [0.29, 0.717) is 19.3 Å². The van der Waals surface area contributed by atoms with Crippen molar-refractivity contribution in [1.82, 2.24) is 0 Å². The monoisotopic (exact) mass is 458 g/mol. The molecule has 0 radical (unpaired) electrons. The maximum Gasteiger partial charge on any atom is 2.00 e. The maximum absolute atomic E-state index is 10.0. The average Bonchev–Trinajstić information content (AvgIpc) is 2.68. The van der Waals surface area contributed by atoms with Gasteiger partial charge in [0.1, 0.15) is 0 Å². The summed E-state index contributed by atoms with van der Waals surface area (Å²) in [6.07, 6.45) is 17.7. The molecule has 0 aliphatic heterocycles. The fourth-order valence-electron chi connectivity index (χ4n) is 2.64. The van der Waals surface area contributed by atoms with Crippen molar-refractivity contribution in [2.24, 2.45) is 0 Å². The van der Waals surface area contributed by atoms with E-state index in [1.54, 1.807) is 0 Å². The van der Waals surface area contributed by atoms with Crippen LogP contribution in [0.3, 0.4) is 0 Å². The summed E-state index contributed by atoms with van der Waals surface area (Å²) in [7, 11) is 0. The van der Waals surface area contributed by atoms with Crippen molar-refractivity contribution in [1.29, 1.82) is 0 Å². The molecule has 7 heteroatoms. The Balaban J connectivity index is -0.0000000792. The van der Waals surface area contributed by atoms with Crippen LogP contribution < -0.4 is 0 Å². The molecule has 0 saturated heterocycles. The minimum absolute atomic E-state index is 0. The third-order valence-corrected chi connectivity index (χ3v) is 4.48. The number of unbranched alkanes of at least 4 members (excludes halogenated alkanes) is 12. The van der Waals surface area contributed by atoms with Crippen molar-refractivity contribution in [3.63, 3.8) is 0 Å². The van der Waals surface area contributed by atoms with Gasteiger partial charge in [0.05, 0.1) is 0 Å². The number of carboxylic acids is 3. The van der Waals surface area contributed by atoms with Crippen LogP contribution in [0, 0.1) is 0 Å². The first-order valence-electron chi connectivity index (χ1n) is 12.0. The van der Waals surface area contributed by atoms with Gasteiger partial charge in [-0.05, 0) is 19.3 Å². The molecule has 0 bridgehead atoms. The van der Waals surface area contributed by atoms with Crippen molar-refractivity contribution in [3.05, 3.63) is 0 Å². The molecule has 0 amide bonds. The predicted molar refractivity (Wildman–Crippen MR) is 131 cm³/mol. The molecule has 0 spiro atoms. The smallest absolute Gasteiger partial charge is 1.00 e. The second-order valence-electron chi connectivity index (χ2n) is 7.67. The Labute approximate surface area is 209 Å². The van der Waals surface area contributed by atoms with E-state index in [1.165, 1.54) is 57.8 Å². The van der Waals surface area contributed by atoms with Gasteiger partial charge in [0.2, 0.25) is 0 Å². The molecule has 0 fully saturated rings. The zero-order chi connectivity index (χ0) is 23.5. The molecular formula is C24H50MgO6. The van der Waals surface area contributed by atoms with Crippen molar-refractivity contribution in [2.45, 2.75) is 136 Å². The van der Waals surface area contributed by atoms with Crippen LogP contribution in [-0.4, -0.2) is 56.3 Å². The van der Waals surface area contributed by atoms with Gasteiger partial charge in [-0.1, -0.05) is 97.8 Å². The summed E-state index contributed by atoms with van der Waals surface area (Å²) in [4.78, 5) is 30.1. The number of hydrogen-bond acceptors (Lipinski definition) is 3. The van der Waals surface area contributed by atoms with Crippen LogP contribution in [0.25, 0.3) is 0 Å². The molecule has 3 N–H and O–H groups in total. The standard InChI is InChI=1S/3C8H16O2.Mg.2H/c3*1-2-3-4-5-6-7-8(9)10;;;/h3*2-7H2,1H3,(H,9,10);;;/q;;;+2;2*-1. The molecular weight excluding hydrogens is 409 g/mol. The fraction of sp³-hybridized carbons (Fsp3) is 0.875. The van der Waals surface area contributed by atoms with E-state index < -0.39 is 17.9 Å². The van der Waals surface area contributed by atoms with Crippen molar-refractivity contribution in [3.8, 4) is 0 Å². The molecule has 6 nitrogen and oxygen atoms in total. The van der Waals surface area contributed by atoms with Gasteiger partial charge >= 0.3 is 41.0 Å². The topological polar surface area (TPSA) is 112 Å². The van der Waals surface area contributed by atoms with Gasteiger partial charge in [0, 0.05) is 19.3 Å². The second-order valence-corrected chi connectivity index (χ2v) is 7.67. The van der Waals surface area contributed by atoms with Gasteiger partial charge in [-0.2, -0.15) is 0 Å². The first kappa shape index (κ1) is 37.5. The zero-order valence-electron chi connectivity index (χ0n) is 22.5. The maximum atomic E-state index is 10.0. The quantitative estimate of drug-likeness (QED) is 0.148. The molecule has 0 aliphatic carbocycles. The summed E-state index contributed by atoms with van der Waals surface area (Å²) in [5.41, 5.74) is 0. The number of rotatable bonds is 18. The normalized spacial score (nSPS) is 9.39. The van der Waals surface area contributed by atoms with Gasteiger partial charge in [0.25, 0.3) is 0 Å². The van der Waals surface area contributed by atoms with Crippen LogP contribution in [0.5, 0.6) is 0 Å². The molecule has 31 heavy (non-hydrogen) atoms. The van der Waals surface area contributed by atoms with E-state index in [9.17, 15) is 14.4 Å². The first-order valence-corrected chi connectivity index (χ1v) is 12.0. The van der Waals surface area contributed by atoms with E-state index in [2.05, 4.69) is 20.8 Å². The zero-order valence-corrected chi connectivity index (χ0v) is 21.9. The second kappa shape index (κ2) is 33.8. The Hall–Kier alpha value is -0.824. The van der Waals surface area contributed by atoms with Gasteiger partial charge in [-0.3, -0.25) is 14.4 Å². The summed E-state index contributed by atoms with van der Waals surface area (Å²) in [5.74, 6) is -2.01. The molecule has 0 aromatic heterocycles. The Morgan fingerprint density at radius 1 is 0.452 bits per heavy atom. The van der Waals surface area contributed by atoms with Crippen LogP contribution in [0.15, 0.2) is 0 Å².